The number of rotatable bonds is 6. The van der Waals surface area contributed by atoms with E-state index in [1.165, 1.54) is 0 Å². The quantitative estimate of drug-likeness (QED) is 0.623. The van der Waals surface area contributed by atoms with Crippen molar-refractivity contribution >= 4 is 23.5 Å². The van der Waals surface area contributed by atoms with Crippen LogP contribution in [0, 0.1) is 11.3 Å². The summed E-state index contributed by atoms with van der Waals surface area (Å²) >= 11 is 5.39. The summed E-state index contributed by atoms with van der Waals surface area (Å²) in [4.78, 5) is 23.0. The zero-order valence-electron chi connectivity index (χ0n) is 10.1. The number of hydrogen-bond donors (Lipinski definition) is 1. The predicted octanol–water partition coefficient (Wildman–Crippen LogP) is 1.02. The monoisotopic (exact) mass is 280 g/mol. The molecule has 19 heavy (non-hydrogen) atoms. The summed E-state index contributed by atoms with van der Waals surface area (Å²) in [6.45, 7) is -0.346. The number of nitriles is 1. The van der Waals surface area contributed by atoms with Crippen LogP contribution in [0.1, 0.15) is 5.56 Å². The molecule has 0 saturated carbocycles. The van der Waals surface area contributed by atoms with Gasteiger partial charge in [0.2, 0.25) is 5.91 Å². The molecule has 0 unspecified atom stereocenters. The van der Waals surface area contributed by atoms with Gasteiger partial charge >= 0.3 is 5.97 Å². The maximum Gasteiger partial charge on any atom is 0.330 e. The highest BCUT2D eigenvalue weighted by Crippen LogP contribution is 2.05. The molecule has 0 fully saturated rings. The minimum atomic E-state index is -0.845. The van der Waals surface area contributed by atoms with Crippen molar-refractivity contribution in [1.82, 2.24) is 5.32 Å². The van der Waals surface area contributed by atoms with Crippen molar-refractivity contribution in [2.45, 2.75) is 12.5 Å². The van der Waals surface area contributed by atoms with Crippen molar-refractivity contribution in [3.05, 3.63) is 35.9 Å². The molecule has 1 rings (SSSR count). The summed E-state index contributed by atoms with van der Waals surface area (Å²) in [6.07, 6.45) is 0.285. The first-order valence-corrected chi connectivity index (χ1v) is 6.13. The highest BCUT2D eigenvalue weighted by molar-refractivity contribution is 6.27. The summed E-state index contributed by atoms with van der Waals surface area (Å²) in [5, 5.41) is 10.8. The fourth-order valence-corrected chi connectivity index (χ4v) is 1.56. The van der Waals surface area contributed by atoms with Gasteiger partial charge in [0.15, 0.2) is 6.61 Å². The zero-order valence-corrected chi connectivity index (χ0v) is 10.9. The number of carbonyl (C=O) groups excluding carboxylic acids is 2. The molecule has 1 N–H and O–H groups in total. The highest BCUT2D eigenvalue weighted by atomic mass is 35.5. The van der Waals surface area contributed by atoms with E-state index in [1.54, 1.807) is 6.07 Å². The van der Waals surface area contributed by atoms with Gasteiger partial charge in [0.1, 0.15) is 18.0 Å². The lowest BCUT2D eigenvalue weighted by Gasteiger charge is -2.16. The normalized spacial score (nSPS) is 11.2. The van der Waals surface area contributed by atoms with Gasteiger partial charge < -0.3 is 10.1 Å². The lowest BCUT2D eigenvalue weighted by atomic mass is 10.1. The van der Waals surface area contributed by atoms with E-state index in [-0.39, 0.29) is 18.9 Å². The molecule has 1 aromatic rings. The first-order valence-electron chi connectivity index (χ1n) is 5.60. The number of amides is 1. The van der Waals surface area contributed by atoms with Gasteiger partial charge in [-0.05, 0) is 5.56 Å². The third-order valence-corrected chi connectivity index (χ3v) is 2.55. The van der Waals surface area contributed by atoms with Crippen molar-refractivity contribution in [3.63, 3.8) is 0 Å². The van der Waals surface area contributed by atoms with Crippen molar-refractivity contribution in [2.24, 2.45) is 0 Å². The van der Waals surface area contributed by atoms with E-state index in [4.69, 9.17) is 21.6 Å². The number of alkyl halides is 1. The van der Waals surface area contributed by atoms with Crippen LogP contribution in [-0.4, -0.2) is 30.4 Å². The predicted molar refractivity (Wildman–Crippen MR) is 69.4 cm³/mol. The average Bonchev–Trinajstić information content (AvgIpc) is 2.44. The molecule has 0 aliphatic heterocycles. The highest BCUT2D eigenvalue weighted by Gasteiger charge is 2.22. The fourth-order valence-electron chi connectivity index (χ4n) is 1.48. The number of esters is 1. The molecule has 0 heterocycles. The molecular weight excluding hydrogens is 268 g/mol. The summed E-state index contributed by atoms with van der Waals surface area (Å²) in [5.41, 5.74) is 0.872. The topological polar surface area (TPSA) is 79.2 Å². The molecule has 0 aromatic heterocycles. The van der Waals surface area contributed by atoms with Gasteiger partial charge in [-0.3, -0.25) is 4.79 Å². The van der Waals surface area contributed by atoms with Crippen LogP contribution in [0.5, 0.6) is 0 Å². The molecule has 5 nitrogen and oxygen atoms in total. The molecule has 1 aromatic carbocycles. The first-order chi connectivity index (χ1) is 9.17. The molecular formula is C13H13ClN2O3. The van der Waals surface area contributed by atoms with E-state index >= 15 is 0 Å². The van der Waals surface area contributed by atoms with Crippen LogP contribution in [0.4, 0.5) is 0 Å². The van der Waals surface area contributed by atoms with Gasteiger partial charge in [-0.15, -0.1) is 11.6 Å². The van der Waals surface area contributed by atoms with Crippen LogP contribution in [0.25, 0.3) is 0 Å². The average molecular weight is 281 g/mol. The van der Waals surface area contributed by atoms with Crippen molar-refractivity contribution in [2.75, 3.05) is 12.5 Å². The summed E-state index contributed by atoms with van der Waals surface area (Å²) in [5.74, 6) is -1.35. The molecule has 0 saturated heterocycles. The largest absolute Gasteiger partial charge is 0.449 e. The summed E-state index contributed by atoms with van der Waals surface area (Å²) in [7, 11) is 0. The minimum Gasteiger partial charge on any atom is -0.449 e. The Labute approximate surface area is 116 Å². The van der Waals surface area contributed by atoms with Gasteiger partial charge in [-0.2, -0.15) is 5.26 Å². The molecule has 1 atom stereocenters. The van der Waals surface area contributed by atoms with Gasteiger partial charge in [-0.1, -0.05) is 30.3 Å². The maximum atomic E-state index is 11.7. The Morgan fingerprint density at radius 2 is 2.05 bits per heavy atom. The third-order valence-electron chi connectivity index (χ3n) is 2.30. The van der Waals surface area contributed by atoms with Crippen LogP contribution in [0.2, 0.25) is 0 Å². The molecule has 1 amide bonds. The number of ether oxygens (including phenoxy) is 1. The number of carbonyl (C=O) groups is 2. The van der Waals surface area contributed by atoms with Crippen LogP contribution in [0.15, 0.2) is 30.3 Å². The van der Waals surface area contributed by atoms with E-state index in [1.807, 2.05) is 30.3 Å². The molecule has 0 aliphatic carbocycles. The lowest BCUT2D eigenvalue weighted by molar-refractivity contribution is -0.146. The molecule has 0 bridgehead atoms. The first kappa shape index (κ1) is 15.0. The van der Waals surface area contributed by atoms with E-state index in [0.29, 0.717) is 0 Å². The molecule has 0 aliphatic rings. The van der Waals surface area contributed by atoms with Crippen molar-refractivity contribution in [3.8, 4) is 6.07 Å². The Bertz CT molecular complexity index is 471. The van der Waals surface area contributed by atoms with Gasteiger partial charge in [0, 0.05) is 6.42 Å². The Morgan fingerprint density at radius 1 is 1.37 bits per heavy atom. The third kappa shape index (κ3) is 5.40. The van der Waals surface area contributed by atoms with Crippen LogP contribution < -0.4 is 5.32 Å². The number of nitrogens with zero attached hydrogens (tertiary/aromatic N) is 1. The van der Waals surface area contributed by atoms with Crippen molar-refractivity contribution < 1.29 is 14.3 Å². The molecule has 6 heteroatoms. The number of halogens is 1. The SMILES string of the molecule is N#CCOC(=O)[C@H](Cc1ccccc1)NC(=O)CCl. The van der Waals surface area contributed by atoms with Gasteiger partial charge in [-0.25, -0.2) is 4.79 Å². The zero-order chi connectivity index (χ0) is 14.1. The molecule has 0 radical (unpaired) electrons. The van der Waals surface area contributed by atoms with Crippen molar-refractivity contribution in [1.29, 1.82) is 5.26 Å². The Balaban J connectivity index is 2.71. The standard InChI is InChI=1S/C13H13ClN2O3/c14-9-12(17)16-11(13(18)19-7-6-15)8-10-4-2-1-3-5-10/h1-5,11H,7-9H2,(H,16,17)/t11-/m0/s1. The summed E-state index contributed by atoms with van der Waals surface area (Å²) < 4.78 is 4.71. The Kier molecular flexibility index (Phi) is 6.41. The maximum absolute atomic E-state index is 11.7. The number of hydrogen-bond acceptors (Lipinski definition) is 4. The Hall–Kier alpha value is -2.06. The second-order valence-corrected chi connectivity index (χ2v) is 3.98. The van der Waals surface area contributed by atoms with E-state index in [9.17, 15) is 9.59 Å². The second kappa shape index (κ2) is 8.11. The number of nitrogens with one attached hydrogen (secondary N) is 1. The van der Waals surface area contributed by atoms with Crippen LogP contribution in [0.3, 0.4) is 0 Å². The summed E-state index contributed by atoms with van der Waals surface area (Å²) in [6, 6.07) is 10.0. The van der Waals surface area contributed by atoms with E-state index in [2.05, 4.69) is 5.32 Å². The smallest absolute Gasteiger partial charge is 0.330 e. The van der Waals surface area contributed by atoms with E-state index in [0.717, 1.165) is 5.56 Å². The van der Waals surface area contributed by atoms with Gasteiger partial charge in [0.05, 0.1) is 0 Å². The van der Waals surface area contributed by atoms with E-state index < -0.39 is 17.9 Å². The molecule has 100 valence electrons. The lowest BCUT2D eigenvalue weighted by Crippen LogP contribution is -2.44. The van der Waals surface area contributed by atoms with Gasteiger partial charge in [0.25, 0.3) is 0 Å². The fraction of sp³-hybridized carbons (Fsp3) is 0.308. The molecule has 0 spiro atoms. The minimum absolute atomic E-state index is 0.239. The Morgan fingerprint density at radius 3 is 2.63 bits per heavy atom. The van der Waals surface area contributed by atoms with Crippen LogP contribution >= 0.6 is 11.6 Å². The van der Waals surface area contributed by atoms with Crippen LogP contribution in [-0.2, 0) is 20.7 Å². The second-order valence-electron chi connectivity index (χ2n) is 3.71. The number of benzene rings is 1.